The van der Waals surface area contributed by atoms with Gasteiger partial charge in [0.1, 0.15) is 17.5 Å². The Morgan fingerprint density at radius 2 is 2.18 bits per heavy atom. The zero-order chi connectivity index (χ0) is 23.6. The zero-order valence-corrected chi connectivity index (χ0v) is 19.5. The van der Waals surface area contributed by atoms with Crippen LogP contribution in [0.2, 0.25) is 5.02 Å². The van der Waals surface area contributed by atoms with Crippen LogP contribution in [-0.4, -0.2) is 38.5 Å². The number of aromatic nitrogens is 2. The minimum absolute atomic E-state index is 0.0364. The van der Waals surface area contributed by atoms with Gasteiger partial charge < -0.3 is 10.4 Å². The Kier molecular flexibility index (Phi) is 6.92. The molecule has 1 saturated heterocycles. The number of aliphatic carboxylic acids is 1. The lowest BCUT2D eigenvalue weighted by molar-refractivity contribution is -0.153. The highest BCUT2D eigenvalue weighted by Crippen LogP contribution is 2.39. The van der Waals surface area contributed by atoms with Crippen molar-refractivity contribution < 1.29 is 18.7 Å². The monoisotopic (exact) mass is 492 g/mol. The number of anilines is 2. The maximum absolute atomic E-state index is 14.6. The number of benzene rings is 1. The van der Waals surface area contributed by atoms with Crippen LogP contribution in [0.3, 0.4) is 0 Å². The van der Waals surface area contributed by atoms with E-state index in [9.17, 15) is 18.7 Å². The molecule has 0 radical (unpaired) electrons. The van der Waals surface area contributed by atoms with Gasteiger partial charge in [-0.2, -0.15) is 0 Å². The summed E-state index contributed by atoms with van der Waals surface area (Å²) in [6.45, 7) is 2.66. The number of nitrogens with one attached hydrogen (secondary N) is 1. The molecule has 0 spiro atoms. The second-order valence-corrected chi connectivity index (χ2v) is 9.64. The molecule has 3 aromatic rings. The molecule has 1 fully saturated rings. The van der Waals surface area contributed by atoms with Gasteiger partial charge in [-0.15, -0.1) is 11.3 Å². The number of carboxylic acids is 1. The maximum atomic E-state index is 14.6. The van der Waals surface area contributed by atoms with E-state index in [1.165, 1.54) is 29.5 Å². The topological polar surface area (TPSA) is 78.3 Å². The summed E-state index contributed by atoms with van der Waals surface area (Å²) in [4.78, 5) is 22.9. The van der Waals surface area contributed by atoms with Crippen molar-refractivity contribution >= 4 is 39.9 Å². The molecule has 0 bridgehead atoms. The fourth-order valence-corrected chi connectivity index (χ4v) is 5.05. The highest BCUT2D eigenvalue weighted by atomic mass is 35.5. The van der Waals surface area contributed by atoms with Crippen molar-refractivity contribution in [3.05, 3.63) is 69.8 Å². The number of thiazole rings is 1. The molecule has 174 valence electrons. The molecule has 0 saturated carbocycles. The number of carboxylic acid groups (broad SMARTS) is 1. The van der Waals surface area contributed by atoms with E-state index in [0.29, 0.717) is 36.0 Å². The number of halogens is 3. The van der Waals surface area contributed by atoms with Gasteiger partial charge in [-0.25, -0.2) is 18.7 Å². The van der Waals surface area contributed by atoms with Crippen LogP contribution in [0.5, 0.6) is 0 Å². The maximum Gasteiger partial charge on any atom is 0.310 e. The van der Waals surface area contributed by atoms with Crippen LogP contribution in [0.1, 0.15) is 31.0 Å². The first-order valence-corrected chi connectivity index (χ1v) is 11.8. The molecule has 0 unspecified atom stereocenters. The SMILES string of the molecule is C[C@@H]1C[C@@](Cc2nc(Nc3nccs3)ccc2F)(C(=O)O)CCN1Cc1cccc(Cl)c1F. The first kappa shape index (κ1) is 23.5. The fraction of sp³-hybridized carbons (Fsp3) is 0.348. The Morgan fingerprint density at radius 3 is 2.88 bits per heavy atom. The van der Waals surface area contributed by atoms with Gasteiger partial charge in [0.05, 0.1) is 16.1 Å². The molecule has 2 aromatic heterocycles. The van der Waals surface area contributed by atoms with Crippen molar-refractivity contribution in [3.63, 3.8) is 0 Å². The van der Waals surface area contributed by atoms with Crippen LogP contribution in [0.25, 0.3) is 0 Å². The highest BCUT2D eigenvalue weighted by molar-refractivity contribution is 7.13. The van der Waals surface area contributed by atoms with E-state index in [-0.39, 0.29) is 29.6 Å². The van der Waals surface area contributed by atoms with Gasteiger partial charge in [-0.05, 0) is 44.5 Å². The summed E-state index contributed by atoms with van der Waals surface area (Å²) in [7, 11) is 0. The molecule has 1 aromatic carbocycles. The first-order valence-electron chi connectivity index (χ1n) is 10.5. The lowest BCUT2D eigenvalue weighted by Crippen LogP contribution is -2.50. The van der Waals surface area contributed by atoms with E-state index in [1.54, 1.807) is 23.7 Å². The average molecular weight is 493 g/mol. The second-order valence-electron chi connectivity index (χ2n) is 8.34. The summed E-state index contributed by atoms with van der Waals surface area (Å²) in [5, 5.41) is 15.6. The molecule has 0 amide bonds. The number of carbonyl (C=O) groups is 1. The third-order valence-electron chi connectivity index (χ3n) is 6.14. The van der Waals surface area contributed by atoms with Crippen LogP contribution in [0, 0.1) is 17.0 Å². The summed E-state index contributed by atoms with van der Waals surface area (Å²) in [5.74, 6) is -1.58. The van der Waals surface area contributed by atoms with E-state index < -0.39 is 23.0 Å². The molecular weight excluding hydrogens is 470 g/mol. The largest absolute Gasteiger partial charge is 0.481 e. The molecule has 0 aliphatic carbocycles. The third-order valence-corrected chi connectivity index (χ3v) is 7.12. The van der Waals surface area contributed by atoms with Crippen molar-refractivity contribution in [1.82, 2.24) is 14.9 Å². The van der Waals surface area contributed by atoms with Crippen molar-refractivity contribution in [2.45, 2.75) is 38.8 Å². The first-order chi connectivity index (χ1) is 15.8. The number of likely N-dealkylation sites (tertiary alicyclic amines) is 1. The predicted molar refractivity (Wildman–Crippen MR) is 124 cm³/mol. The zero-order valence-electron chi connectivity index (χ0n) is 17.9. The lowest BCUT2D eigenvalue weighted by Gasteiger charge is -2.43. The number of pyridine rings is 1. The lowest BCUT2D eigenvalue weighted by atomic mass is 9.72. The second kappa shape index (κ2) is 9.70. The highest BCUT2D eigenvalue weighted by Gasteiger charge is 2.45. The molecule has 10 heteroatoms. The Labute approximate surface area is 199 Å². The van der Waals surface area contributed by atoms with E-state index in [2.05, 4.69) is 15.3 Å². The molecule has 3 heterocycles. The molecule has 2 atom stereocenters. The van der Waals surface area contributed by atoms with Gasteiger partial charge >= 0.3 is 5.97 Å². The number of piperidine rings is 1. The van der Waals surface area contributed by atoms with E-state index in [1.807, 2.05) is 11.8 Å². The smallest absolute Gasteiger partial charge is 0.310 e. The Bertz CT molecular complexity index is 1150. The van der Waals surface area contributed by atoms with Gasteiger partial charge in [0, 0.05) is 36.1 Å². The average Bonchev–Trinajstić information content (AvgIpc) is 3.28. The van der Waals surface area contributed by atoms with Gasteiger partial charge in [0.25, 0.3) is 0 Å². The van der Waals surface area contributed by atoms with Crippen molar-refractivity contribution in [2.75, 3.05) is 11.9 Å². The van der Waals surface area contributed by atoms with E-state index in [4.69, 9.17) is 11.6 Å². The Balaban J connectivity index is 1.52. The predicted octanol–water partition coefficient (Wildman–Crippen LogP) is 5.51. The molecule has 33 heavy (non-hydrogen) atoms. The molecular formula is C23H23ClF2N4O2S. The van der Waals surface area contributed by atoms with Gasteiger partial charge in [0.15, 0.2) is 5.13 Å². The minimum Gasteiger partial charge on any atom is -0.481 e. The van der Waals surface area contributed by atoms with Crippen molar-refractivity contribution in [2.24, 2.45) is 5.41 Å². The van der Waals surface area contributed by atoms with Crippen molar-refractivity contribution in [1.29, 1.82) is 0 Å². The number of hydrogen-bond donors (Lipinski definition) is 2. The van der Waals surface area contributed by atoms with Crippen LogP contribution in [0.15, 0.2) is 41.9 Å². The normalized spacial score (nSPS) is 21.2. The molecule has 2 N–H and O–H groups in total. The molecule has 1 aliphatic heterocycles. The third kappa shape index (κ3) is 5.15. The Hall–Kier alpha value is -2.62. The summed E-state index contributed by atoms with van der Waals surface area (Å²) in [6, 6.07) is 7.49. The summed E-state index contributed by atoms with van der Waals surface area (Å²) < 4.78 is 29.0. The van der Waals surface area contributed by atoms with E-state index >= 15 is 0 Å². The standard InChI is InChI=1S/C23H23ClF2N4O2S/c1-14-11-23(21(31)32,7-9-30(14)13-15-3-2-4-16(24)20(15)26)12-18-17(25)5-6-19(28-18)29-22-27-8-10-33-22/h2-6,8,10,14H,7,9,11-13H2,1H3,(H,31,32)(H,27,28,29)/t14-,23+/m1/s1. The van der Waals surface area contributed by atoms with Crippen LogP contribution < -0.4 is 5.32 Å². The Morgan fingerprint density at radius 1 is 1.36 bits per heavy atom. The summed E-state index contributed by atoms with van der Waals surface area (Å²) in [5.41, 5.74) is -0.609. The van der Waals surface area contributed by atoms with Gasteiger partial charge in [-0.1, -0.05) is 23.7 Å². The molecule has 4 rings (SSSR count). The molecule has 6 nitrogen and oxygen atoms in total. The summed E-state index contributed by atoms with van der Waals surface area (Å²) >= 11 is 7.28. The quantitative estimate of drug-likeness (QED) is 0.452. The van der Waals surface area contributed by atoms with E-state index in [0.717, 1.165) is 0 Å². The van der Waals surface area contributed by atoms with Crippen LogP contribution in [0.4, 0.5) is 19.7 Å². The number of rotatable bonds is 7. The van der Waals surface area contributed by atoms with Crippen LogP contribution in [-0.2, 0) is 17.8 Å². The van der Waals surface area contributed by atoms with Crippen molar-refractivity contribution in [3.8, 4) is 0 Å². The number of hydrogen-bond acceptors (Lipinski definition) is 6. The number of nitrogens with zero attached hydrogens (tertiary/aromatic N) is 3. The molecule has 1 aliphatic rings. The van der Waals surface area contributed by atoms with Gasteiger partial charge in [-0.3, -0.25) is 9.69 Å². The summed E-state index contributed by atoms with van der Waals surface area (Å²) in [6.07, 6.45) is 2.18. The van der Waals surface area contributed by atoms with Gasteiger partial charge in [0.2, 0.25) is 0 Å². The van der Waals surface area contributed by atoms with Crippen LogP contribution >= 0.6 is 22.9 Å². The fourth-order valence-electron chi connectivity index (χ4n) is 4.32. The minimum atomic E-state index is -1.17.